The fourth-order valence-electron chi connectivity index (χ4n) is 4.52. The number of rotatable bonds is 6. The number of hydrogen-bond donors (Lipinski definition) is 1. The van der Waals surface area contributed by atoms with Crippen LogP contribution in [0.25, 0.3) is 11.3 Å². The molecule has 39 heavy (non-hydrogen) atoms. The van der Waals surface area contributed by atoms with Crippen molar-refractivity contribution >= 4 is 40.8 Å². The van der Waals surface area contributed by atoms with E-state index in [4.69, 9.17) is 20.8 Å². The van der Waals surface area contributed by atoms with E-state index < -0.39 is 11.9 Å². The first-order valence-electron chi connectivity index (χ1n) is 12.4. The lowest BCUT2D eigenvalue weighted by molar-refractivity contribution is 0.0600. The molecular formula is C30H26ClN3O5. The number of hydrogen-bond acceptors (Lipinski definition) is 6. The molecule has 0 spiro atoms. The van der Waals surface area contributed by atoms with Crippen molar-refractivity contribution in [1.82, 2.24) is 4.90 Å². The van der Waals surface area contributed by atoms with Crippen LogP contribution < -0.4 is 10.2 Å². The Bertz CT molecular complexity index is 1510. The first kappa shape index (κ1) is 26.1. The zero-order valence-corrected chi connectivity index (χ0v) is 22.0. The third kappa shape index (κ3) is 5.66. The Balaban J connectivity index is 1.35. The average molecular weight is 544 g/mol. The van der Waals surface area contributed by atoms with Gasteiger partial charge in [-0.2, -0.15) is 0 Å². The predicted octanol–water partition coefficient (Wildman–Crippen LogP) is 5.60. The molecule has 1 fully saturated rings. The van der Waals surface area contributed by atoms with Crippen molar-refractivity contribution in [3.05, 3.63) is 107 Å². The minimum atomic E-state index is -0.519. The van der Waals surface area contributed by atoms with Crippen molar-refractivity contribution in [3.63, 3.8) is 0 Å². The van der Waals surface area contributed by atoms with Crippen molar-refractivity contribution in [1.29, 1.82) is 0 Å². The van der Waals surface area contributed by atoms with Crippen LogP contribution in [0.15, 0.2) is 89.3 Å². The number of nitrogens with zero attached hydrogens (tertiary/aromatic N) is 2. The lowest BCUT2D eigenvalue weighted by Crippen LogP contribution is -2.49. The number of esters is 1. The van der Waals surface area contributed by atoms with Gasteiger partial charge in [-0.25, -0.2) is 4.79 Å². The Labute approximate surface area is 230 Å². The topological polar surface area (TPSA) is 92.1 Å². The summed E-state index contributed by atoms with van der Waals surface area (Å²) in [6.45, 7) is 2.13. The third-order valence-electron chi connectivity index (χ3n) is 6.56. The highest BCUT2D eigenvalue weighted by Crippen LogP contribution is 2.32. The number of piperazine rings is 1. The van der Waals surface area contributed by atoms with E-state index in [9.17, 15) is 14.4 Å². The second-order valence-electron chi connectivity index (χ2n) is 8.97. The molecule has 1 aromatic heterocycles. The second kappa shape index (κ2) is 11.4. The molecule has 198 valence electrons. The van der Waals surface area contributed by atoms with E-state index in [2.05, 4.69) is 10.2 Å². The monoisotopic (exact) mass is 543 g/mol. The summed E-state index contributed by atoms with van der Waals surface area (Å²) in [7, 11) is 1.30. The molecule has 0 radical (unpaired) electrons. The third-order valence-corrected chi connectivity index (χ3v) is 6.89. The van der Waals surface area contributed by atoms with Gasteiger partial charge in [-0.05, 0) is 54.6 Å². The van der Waals surface area contributed by atoms with Gasteiger partial charge in [-0.15, -0.1) is 0 Å². The molecule has 2 heterocycles. The molecular weight excluding hydrogens is 518 g/mol. The number of carbonyl (C=O) groups excluding carboxylic acids is 3. The van der Waals surface area contributed by atoms with E-state index in [1.165, 1.54) is 7.11 Å². The van der Waals surface area contributed by atoms with Crippen LogP contribution in [-0.2, 0) is 4.74 Å². The van der Waals surface area contributed by atoms with Gasteiger partial charge in [0, 0.05) is 37.3 Å². The highest BCUT2D eigenvalue weighted by Gasteiger charge is 2.25. The fraction of sp³-hybridized carbons (Fsp3) is 0.167. The maximum absolute atomic E-state index is 13.2. The molecule has 3 aromatic carbocycles. The normalized spacial score (nSPS) is 13.2. The quantitative estimate of drug-likeness (QED) is 0.318. The van der Waals surface area contributed by atoms with E-state index in [0.717, 1.165) is 5.69 Å². The summed E-state index contributed by atoms with van der Waals surface area (Å²) in [5, 5.41) is 3.40. The van der Waals surface area contributed by atoms with E-state index in [1.807, 2.05) is 41.3 Å². The molecule has 1 saturated heterocycles. The molecule has 1 N–H and O–H groups in total. The summed E-state index contributed by atoms with van der Waals surface area (Å²) >= 11 is 6.28. The number of furan rings is 1. The Morgan fingerprint density at radius 3 is 2.28 bits per heavy atom. The van der Waals surface area contributed by atoms with Crippen molar-refractivity contribution < 1.29 is 23.5 Å². The summed E-state index contributed by atoms with van der Waals surface area (Å²) < 4.78 is 10.7. The maximum atomic E-state index is 13.2. The largest absolute Gasteiger partial charge is 0.465 e. The summed E-state index contributed by atoms with van der Waals surface area (Å²) in [6, 6.07) is 24.7. The van der Waals surface area contributed by atoms with E-state index in [-0.39, 0.29) is 11.7 Å². The number of nitrogens with one attached hydrogen (secondary N) is 1. The molecule has 2 amide bonds. The highest BCUT2D eigenvalue weighted by molar-refractivity contribution is 6.33. The van der Waals surface area contributed by atoms with E-state index >= 15 is 0 Å². The molecule has 0 unspecified atom stereocenters. The fourth-order valence-corrected chi connectivity index (χ4v) is 4.75. The van der Waals surface area contributed by atoms with Crippen LogP contribution >= 0.6 is 11.6 Å². The van der Waals surface area contributed by atoms with Crippen LogP contribution in [0.4, 0.5) is 11.4 Å². The molecule has 0 aliphatic carbocycles. The first-order valence-corrected chi connectivity index (χ1v) is 12.8. The Hall–Kier alpha value is -4.56. The van der Waals surface area contributed by atoms with Crippen LogP contribution in [0.1, 0.15) is 31.3 Å². The van der Waals surface area contributed by atoms with Gasteiger partial charge in [-0.1, -0.05) is 41.9 Å². The summed E-state index contributed by atoms with van der Waals surface area (Å²) in [6.07, 6.45) is 0. The summed E-state index contributed by atoms with van der Waals surface area (Å²) in [4.78, 5) is 42.2. The van der Waals surface area contributed by atoms with Crippen LogP contribution in [0.2, 0.25) is 5.02 Å². The molecule has 9 heteroatoms. The predicted molar refractivity (Wildman–Crippen MR) is 149 cm³/mol. The molecule has 1 aliphatic rings. The molecule has 1 aliphatic heterocycles. The standard InChI is InChI=1S/C30H26ClN3O5/c1-38-30(37)21-11-12-25(33-15-17-34(18-16-33)29(36)20-7-3-2-4-8-20)24(19-21)32-28(35)27-14-13-26(39-27)22-9-5-6-10-23(22)31/h2-14,19H,15-18H2,1H3,(H,32,35). The van der Waals surface area contributed by atoms with Crippen LogP contribution in [-0.4, -0.2) is 56.0 Å². The van der Waals surface area contributed by atoms with Crippen molar-refractivity contribution in [2.45, 2.75) is 0 Å². The van der Waals surface area contributed by atoms with Crippen molar-refractivity contribution in [3.8, 4) is 11.3 Å². The number of anilines is 2. The smallest absolute Gasteiger partial charge is 0.337 e. The van der Waals surface area contributed by atoms with Gasteiger partial charge in [0.15, 0.2) is 5.76 Å². The van der Waals surface area contributed by atoms with Crippen molar-refractivity contribution in [2.75, 3.05) is 43.5 Å². The minimum absolute atomic E-state index is 0.0167. The highest BCUT2D eigenvalue weighted by atomic mass is 35.5. The first-order chi connectivity index (χ1) is 18.9. The van der Waals surface area contributed by atoms with Gasteiger partial charge < -0.3 is 24.3 Å². The summed E-state index contributed by atoms with van der Waals surface area (Å²) in [5.41, 5.74) is 2.78. The lowest BCUT2D eigenvalue weighted by Gasteiger charge is -2.37. The van der Waals surface area contributed by atoms with Gasteiger partial charge >= 0.3 is 5.97 Å². The number of carbonyl (C=O) groups is 3. The molecule has 5 rings (SSSR count). The number of halogens is 1. The molecule has 0 atom stereocenters. The van der Waals surface area contributed by atoms with Gasteiger partial charge in [0.25, 0.3) is 11.8 Å². The SMILES string of the molecule is COC(=O)c1ccc(N2CCN(C(=O)c3ccccc3)CC2)c(NC(=O)c2ccc(-c3ccccc3Cl)o2)c1. The van der Waals surface area contributed by atoms with Gasteiger partial charge in [0.2, 0.25) is 0 Å². The molecule has 8 nitrogen and oxygen atoms in total. The van der Waals surface area contributed by atoms with Crippen LogP contribution in [0.3, 0.4) is 0 Å². The van der Waals surface area contributed by atoms with Gasteiger partial charge in [0.1, 0.15) is 5.76 Å². The van der Waals surface area contributed by atoms with E-state index in [0.29, 0.717) is 59.3 Å². The minimum Gasteiger partial charge on any atom is -0.465 e. The molecule has 0 saturated carbocycles. The van der Waals surface area contributed by atoms with Crippen molar-refractivity contribution in [2.24, 2.45) is 0 Å². The van der Waals surface area contributed by atoms with Crippen LogP contribution in [0, 0.1) is 0 Å². The number of benzene rings is 3. The van der Waals surface area contributed by atoms with Gasteiger partial charge in [0.05, 0.1) is 29.1 Å². The molecule has 4 aromatic rings. The van der Waals surface area contributed by atoms with E-state index in [1.54, 1.807) is 48.5 Å². The zero-order chi connectivity index (χ0) is 27.4. The average Bonchev–Trinajstić information content (AvgIpc) is 3.47. The number of amides is 2. The zero-order valence-electron chi connectivity index (χ0n) is 21.2. The summed E-state index contributed by atoms with van der Waals surface area (Å²) in [5.74, 6) is -0.452. The number of methoxy groups -OCH3 is 1. The van der Waals surface area contributed by atoms with Crippen LogP contribution in [0.5, 0.6) is 0 Å². The Morgan fingerprint density at radius 2 is 1.56 bits per heavy atom. The number of ether oxygens (including phenoxy) is 1. The maximum Gasteiger partial charge on any atom is 0.337 e. The molecule has 0 bridgehead atoms. The Kier molecular flexibility index (Phi) is 7.65. The van der Waals surface area contributed by atoms with Gasteiger partial charge in [-0.3, -0.25) is 9.59 Å². The second-order valence-corrected chi connectivity index (χ2v) is 9.37. The lowest BCUT2D eigenvalue weighted by atomic mass is 10.1. The Morgan fingerprint density at radius 1 is 0.846 bits per heavy atom.